The molecule has 0 bridgehead atoms. The number of aromatic hydroxyl groups is 2. The van der Waals surface area contributed by atoms with E-state index in [-0.39, 0.29) is 22.4 Å². The Morgan fingerprint density at radius 3 is 2.48 bits per heavy atom. The lowest BCUT2D eigenvalue weighted by Gasteiger charge is -2.11. The summed E-state index contributed by atoms with van der Waals surface area (Å²) < 4.78 is 10.7. The smallest absolute Gasteiger partial charge is 0.194 e. The van der Waals surface area contributed by atoms with Gasteiger partial charge >= 0.3 is 0 Å². The molecule has 3 N–H and O–H groups in total. The van der Waals surface area contributed by atoms with E-state index < -0.39 is 0 Å². The number of nitrogens with zero attached hydrogens (tertiary/aromatic N) is 1. The molecule has 0 saturated carbocycles. The quantitative estimate of drug-likeness (QED) is 0.541. The van der Waals surface area contributed by atoms with E-state index in [1.54, 1.807) is 7.11 Å². The van der Waals surface area contributed by atoms with Crippen LogP contribution in [0.3, 0.4) is 0 Å². The molecule has 0 aliphatic rings. The third kappa shape index (κ3) is 3.95. The number of aromatic nitrogens is 1. The maximum Gasteiger partial charge on any atom is 0.194 e. The molecule has 1 aromatic heterocycles. The minimum atomic E-state index is -0.200. The summed E-state index contributed by atoms with van der Waals surface area (Å²) in [5.74, 6) is 0.920. The van der Waals surface area contributed by atoms with Gasteiger partial charge in [-0.25, -0.2) is 0 Å². The Kier molecular flexibility index (Phi) is 5.46. The minimum Gasteiger partial charge on any atom is -0.507 e. The molecule has 0 radical (unpaired) electrons. The Morgan fingerprint density at radius 2 is 1.85 bits per heavy atom. The summed E-state index contributed by atoms with van der Waals surface area (Å²) in [5.41, 5.74) is 2.82. The summed E-state index contributed by atoms with van der Waals surface area (Å²) in [6.45, 7) is 4.54. The first-order valence-electron chi connectivity index (χ1n) is 8.49. The van der Waals surface area contributed by atoms with Gasteiger partial charge in [-0.15, -0.1) is 0 Å². The number of methoxy groups -OCH3 is 1. The van der Waals surface area contributed by atoms with Crippen molar-refractivity contribution in [1.29, 1.82) is 0 Å². The highest BCUT2D eigenvalue weighted by atomic mass is 35.5. The van der Waals surface area contributed by atoms with E-state index in [1.807, 2.05) is 38.1 Å². The number of phenols is 2. The minimum absolute atomic E-state index is 0.107. The molecule has 0 fully saturated rings. The Balaban J connectivity index is 1.96. The Morgan fingerprint density at radius 1 is 1.15 bits per heavy atom. The van der Waals surface area contributed by atoms with E-state index in [2.05, 4.69) is 10.5 Å². The molecule has 0 spiro atoms. The molecule has 0 unspecified atom stereocenters. The van der Waals surface area contributed by atoms with Crippen LogP contribution in [-0.4, -0.2) is 22.5 Å². The number of hydrogen-bond acceptors (Lipinski definition) is 6. The lowest BCUT2D eigenvalue weighted by atomic mass is 10.0. The average Bonchev–Trinajstić information content (AvgIpc) is 3.07. The summed E-state index contributed by atoms with van der Waals surface area (Å²) in [6, 6.07) is 10.3. The lowest BCUT2D eigenvalue weighted by molar-refractivity contribution is 0.414. The zero-order chi connectivity index (χ0) is 19.6. The van der Waals surface area contributed by atoms with Crippen molar-refractivity contribution in [3.63, 3.8) is 0 Å². The first-order chi connectivity index (χ1) is 12.9. The third-order valence-electron chi connectivity index (χ3n) is 4.20. The first-order valence-corrected chi connectivity index (χ1v) is 8.86. The Hall–Kier alpha value is -2.86. The van der Waals surface area contributed by atoms with Crippen LogP contribution in [0.4, 0.5) is 5.69 Å². The Labute approximate surface area is 162 Å². The largest absolute Gasteiger partial charge is 0.507 e. The maximum absolute atomic E-state index is 10.2. The molecule has 0 atom stereocenters. The summed E-state index contributed by atoms with van der Waals surface area (Å²) in [6.07, 6.45) is 0. The molecule has 0 amide bonds. The second-order valence-electron chi connectivity index (χ2n) is 6.45. The van der Waals surface area contributed by atoms with Crippen LogP contribution >= 0.6 is 11.6 Å². The molecule has 27 heavy (non-hydrogen) atoms. The second kappa shape index (κ2) is 7.80. The van der Waals surface area contributed by atoms with Crippen molar-refractivity contribution in [2.24, 2.45) is 0 Å². The molecule has 6 nitrogen and oxygen atoms in total. The fourth-order valence-corrected chi connectivity index (χ4v) is 2.88. The van der Waals surface area contributed by atoms with Gasteiger partial charge in [-0.1, -0.05) is 42.7 Å². The van der Waals surface area contributed by atoms with Gasteiger partial charge in [-0.2, -0.15) is 0 Å². The molecule has 142 valence electrons. The van der Waals surface area contributed by atoms with Gasteiger partial charge < -0.3 is 24.8 Å². The average molecular weight is 389 g/mol. The van der Waals surface area contributed by atoms with Crippen molar-refractivity contribution in [1.82, 2.24) is 5.16 Å². The van der Waals surface area contributed by atoms with Crippen LogP contribution < -0.4 is 10.1 Å². The molecular weight excluding hydrogens is 368 g/mol. The molecule has 0 aliphatic carbocycles. The van der Waals surface area contributed by atoms with Gasteiger partial charge in [-0.3, -0.25) is 0 Å². The topological polar surface area (TPSA) is 87.8 Å². The van der Waals surface area contributed by atoms with Crippen LogP contribution in [0.1, 0.15) is 31.0 Å². The van der Waals surface area contributed by atoms with E-state index in [0.717, 1.165) is 17.0 Å². The van der Waals surface area contributed by atoms with Crippen LogP contribution in [0.2, 0.25) is 5.02 Å². The highest BCUT2D eigenvalue weighted by Crippen LogP contribution is 2.42. The Bertz CT molecular complexity index is 936. The highest BCUT2D eigenvalue weighted by molar-refractivity contribution is 6.32. The van der Waals surface area contributed by atoms with Crippen LogP contribution in [0.25, 0.3) is 11.3 Å². The number of ether oxygens (including phenoxy) is 1. The SMILES string of the molecule is COc1ccc(CNc2c(C(C)C)noc2-c2cc(Cl)c(O)cc2O)cc1. The number of benzene rings is 2. The van der Waals surface area contributed by atoms with Crippen molar-refractivity contribution in [3.05, 3.63) is 52.7 Å². The van der Waals surface area contributed by atoms with Gasteiger partial charge in [0.1, 0.15) is 28.6 Å². The van der Waals surface area contributed by atoms with E-state index in [0.29, 0.717) is 23.6 Å². The fraction of sp³-hybridized carbons (Fsp3) is 0.250. The summed E-state index contributed by atoms with van der Waals surface area (Å²) in [4.78, 5) is 0. The molecule has 7 heteroatoms. The van der Waals surface area contributed by atoms with E-state index in [4.69, 9.17) is 20.9 Å². The predicted octanol–water partition coefficient (Wildman–Crippen LogP) is 5.15. The number of halogens is 1. The van der Waals surface area contributed by atoms with E-state index in [9.17, 15) is 10.2 Å². The van der Waals surface area contributed by atoms with Gasteiger partial charge in [0.2, 0.25) is 0 Å². The molecule has 3 aromatic rings. The molecular formula is C20H21ClN2O4. The zero-order valence-electron chi connectivity index (χ0n) is 15.3. The fourth-order valence-electron chi connectivity index (χ4n) is 2.72. The standard InChI is InChI=1S/C20H21ClN2O4/c1-11(2)18-19(22-10-12-4-6-13(26-3)7-5-12)20(27-23-18)14-8-15(21)17(25)9-16(14)24/h4-9,11,22,24-25H,10H2,1-3H3. The van der Waals surface area contributed by atoms with Gasteiger partial charge in [0, 0.05) is 18.5 Å². The number of hydrogen-bond donors (Lipinski definition) is 3. The number of anilines is 1. The third-order valence-corrected chi connectivity index (χ3v) is 4.51. The van der Waals surface area contributed by atoms with E-state index >= 15 is 0 Å². The normalized spacial score (nSPS) is 11.0. The summed E-state index contributed by atoms with van der Waals surface area (Å²) >= 11 is 6.00. The second-order valence-corrected chi connectivity index (χ2v) is 6.86. The molecule has 0 aliphatic heterocycles. The number of nitrogens with one attached hydrogen (secondary N) is 1. The summed E-state index contributed by atoms with van der Waals surface area (Å²) in [5, 5.41) is 27.5. The van der Waals surface area contributed by atoms with Crippen molar-refractivity contribution in [2.45, 2.75) is 26.3 Å². The molecule has 2 aromatic carbocycles. The van der Waals surface area contributed by atoms with Gasteiger partial charge in [-0.05, 0) is 23.8 Å². The monoisotopic (exact) mass is 388 g/mol. The number of phenolic OH excluding ortho intramolecular Hbond substituents is 2. The van der Waals surface area contributed by atoms with E-state index in [1.165, 1.54) is 12.1 Å². The maximum atomic E-state index is 10.2. The van der Waals surface area contributed by atoms with Crippen molar-refractivity contribution < 1.29 is 19.5 Å². The molecule has 1 heterocycles. The highest BCUT2D eigenvalue weighted by Gasteiger charge is 2.23. The van der Waals surface area contributed by atoms with Crippen molar-refractivity contribution in [2.75, 3.05) is 12.4 Å². The zero-order valence-corrected chi connectivity index (χ0v) is 16.0. The van der Waals surface area contributed by atoms with Gasteiger partial charge in [0.25, 0.3) is 0 Å². The van der Waals surface area contributed by atoms with Crippen LogP contribution in [-0.2, 0) is 6.54 Å². The number of rotatable bonds is 6. The predicted molar refractivity (Wildman–Crippen MR) is 105 cm³/mol. The van der Waals surface area contributed by atoms with Crippen LogP contribution in [0.15, 0.2) is 40.9 Å². The first kappa shape index (κ1) is 18.9. The van der Waals surface area contributed by atoms with Crippen LogP contribution in [0.5, 0.6) is 17.2 Å². The van der Waals surface area contributed by atoms with Crippen molar-refractivity contribution >= 4 is 17.3 Å². The van der Waals surface area contributed by atoms with Gasteiger partial charge in [0.15, 0.2) is 5.76 Å². The lowest BCUT2D eigenvalue weighted by Crippen LogP contribution is -2.03. The van der Waals surface area contributed by atoms with Crippen LogP contribution in [0, 0.1) is 0 Å². The molecule has 0 saturated heterocycles. The van der Waals surface area contributed by atoms with Gasteiger partial charge in [0.05, 0.1) is 17.7 Å². The van der Waals surface area contributed by atoms with Crippen molar-refractivity contribution in [3.8, 4) is 28.6 Å². The molecule has 3 rings (SSSR count). The summed E-state index contributed by atoms with van der Waals surface area (Å²) in [7, 11) is 1.63.